The van der Waals surface area contributed by atoms with Crippen LogP contribution in [-0.4, -0.2) is 9.55 Å². The Bertz CT molecular complexity index is 489. The number of halogens is 2. The van der Waals surface area contributed by atoms with Crippen molar-refractivity contribution < 1.29 is 0 Å². The molecule has 0 aliphatic heterocycles. The first-order chi connectivity index (χ1) is 7.61. The zero-order valence-corrected chi connectivity index (χ0v) is 10.4. The smallest absolute Gasteiger partial charge is 0.255 e. The van der Waals surface area contributed by atoms with E-state index in [1.165, 1.54) is 11.6 Å². The van der Waals surface area contributed by atoms with Crippen LogP contribution in [0.4, 0.5) is 0 Å². The lowest BCUT2D eigenvalue weighted by molar-refractivity contribution is 0.662. The van der Waals surface area contributed by atoms with Crippen LogP contribution in [0.25, 0.3) is 0 Å². The van der Waals surface area contributed by atoms with Crippen molar-refractivity contribution in [2.75, 3.05) is 0 Å². The van der Waals surface area contributed by atoms with E-state index in [9.17, 15) is 4.79 Å². The normalized spacial score (nSPS) is 16.6. The molecule has 5 heteroatoms. The molecule has 16 heavy (non-hydrogen) atoms. The fourth-order valence-corrected chi connectivity index (χ4v) is 1.84. The Hall–Kier alpha value is -0.800. The van der Waals surface area contributed by atoms with E-state index in [1.807, 2.05) is 6.92 Å². The molecule has 0 bridgehead atoms. The summed E-state index contributed by atoms with van der Waals surface area (Å²) in [6.07, 6.45) is 2.16. The highest BCUT2D eigenvalue weighted by molar-refractivity contribution is 6.29. The van der Waals surface area contributed by atoms with Gasteiger partial charge in [0.05, 0.1) is 0 Å². The van der Waals surface area contributed by atoms with Crippen LogP contribution in [0.1, 0.15) is 31.5 Å². The standard InChI is InChI=1S/C11H12Cl2N2O/c1-7(5-12)6-15-10(16)4-9(13)14-11(15)8-2-3-8/h4-5,8H,2-3,6H2,1H3. The monoisotopic (exact) mass is 258 g/mol. The Morgan fingerprint density at radius 3 is 2.94 bits per heavy atom. The largest absolute Gasteiger partial charge is 0.292 e. The van der Waals surface area contributed by atoms with Gasteiger partial charge in [0.1, 0.15) is 11.0 Å². The second kappa shape index (κ2) is 4.60. The van der Waals surface area contributed by atoms with Gasteiger partial charge in [-0.15, -0.1) is 0 Å². The maximum Gasteiger partial charge on any atom is 0.255 e. The Labute approximate surface area is 104 Å². The lowest BCUT2D eigenvalue weighted by atomic mass is 10.3. The molecule has 3 nitrogen and oxygen atoms in total. The van der Waals surface area contributed by atoms with Crippen LogP contribution in [-0.2, 0) is 6.54 Å². The molecule has 2 rings (SSSR count). The van der Waals surface area contributed by atoms with Crippen LogP contribution in [0.5, 0.6) is 0 Å². The third kappa shape index (κ3) is 2.47. The summed E-state index contributed by atoms with van der Waals surface area (Å²) in [6, 6.07) is 1.34. The van der Waals surface area contributed by atoms with Crippen LogP contribution >= 0.6 is 23.2 Å². The van der Waals surface area contributed by atoms with Gasteiger partial charge >= 0.3 is 0 Å². The quantitative estimate of drug-likeness (QED) is 0.782. The third-order valence-corrected chi connectivity index (χ3v) is 3.11. The minimum absolute atomic E-state index is 0.111. The van der Waals surface area contributed by atoms with Crippen molar-refractivity contribution in [3.05, 3.63) is 38.5 Å². The Balaban J connectivity index is 2.45. The van der Waals surface area contributed by atoms with Gasteiger partial charge in [0.2, 0.25) is 0 Å². The van der Waals surface area contributed by atoms with Gasteiger partial charge in [-0.05, 0) is 25.3 Å². The van der Waals surface area contributed by atoms with Gasteiger partial charge in [0.15, 0.2) is 0 Å². The summed E-state index contributed by atoms with van der Waals surface area (Å²) < 4.78 is 1.65. The second-order valence-corrected chi connectivity index (χ2v) is 4.70. The summed E-state index contributed by atoms with van der Waals surface area (Å²) in [6.45, 7) is 2.36. The average molecular weight is 259 g/mol. The maximum absolute atomic E-state index is 11.8. The predicted octanol–water partition coefficient (Wildman–Crippen LogP) is 2.92. The summed E-state index contributed by atoms with van der Waals surface area (Å²) in [7, 11) is 0. The zero-order valence-electron chi connectivity index (χ0n) is 8.91. The van der Waals surface area contributed by atoms with Crippen LogP contribution in [0.15, 0.2) is 22.0 Å². The van der Waals surface area contributed by atoms with E-state index < -0.39 is 0 Å². The first kappa shape index (κ1) is 11.7. The minimum atomic E-state index is -0.111. The number of aromatic nitrogens is 2. The Kier molecular flexibility index (Phi) is 3.36. The van der Waals surface area contributed by atoms with Crippen LogP contribution < -0.4 is 5.56 Å². The lowest BCUT2D eigenvalue weighted by Gasteiger charge is -2.11. The third-order valence-electron chi connectivity index (χ3n) is 2.54. The van der Waals surface area contributed by atoms with E-state index in [2.05, 4.69) is 4.98 Å². The Morgan fingerprint density at radius 2 is 2.38 bits per heavy atom. The molecule has 1 saturated carbocycles. The van der Waals surface area contributed by atoms with Crippen molar-refractivity contribution >= 4 is 23.2 Å². The molecule has 0 spiro atoms. The highest BCUT2D eigenvalue weighted by atomic mass is 35.5. The van der Waals surface area contributed by atoms with E-state index >= 15 is 0 Å². The van der Waals surface area contributed by atoms with Crippen molar-refractivity contribution in [1.29, 1.82) is 0 Å². The molecule has 1 aromatic rings. The molecule has 1 aliphatic carbocycles. The maximum atomic E-state index is 11.8. The van der Waals surface area contributed by atoms with Crippen molar-refractivity contribution in [2.24, 2.45) is 0 Å². The fraction of sp³-hybridized carbons (Fsp3) is 0.455. The predicted molar refractivity (Wildman–Crippen MR) is 65.1 cm³/mol. The number of hydrogen-bond donors (Lipinski definition) is 0. The highest BCUT2D eigenvalue weighted by Crippen LogP contribution is 2.38. The summed E-state index contributed by atoms with van der Waals surface area (Å²) in [5, 5.41) is 0.274. The summed E-state index contributed by atoms with van der Waals surface area (Å²) in [5.41, 5.74) is 2.30. The SMILES string of the molecule is CC(=CCl)Cn1c(C2CC2)nc(Cl)cc1=O. The summed E-state index contributed by atoms with van der Waals surface area (Å²) >= 11 is 11.4. The van der Waals surface area contributed by atoms with Gasteiger partial charge < -0.3 is 0 Å². The minimum Gasteiger partial charge on any atom is -0.292 e. The number of rotatable bonds is 3. The molecule has 0 unspecified atom stereocenters. The van der Waals surface area contributed by atoms with Gasteiger partial charge in [-0.1, -0.05) is 23.2 Å². The van der Waals surface area contributed by atoms with Crippen molar-refractivity contribution in [3.63, 3.8) is 0 Å². The van der Waals surface area contributed by atoms with E-state index in [0.29, 0.717) is 12.5 Å². The number of allylic oxidation sites excluding steroid dienone is 1. The fourth-order valence-electron chi connectivity index (χ4n) is 1.59. The lowest BCUT2D eigenvalue weighted by Crippen LogP contribution is -2.24. The molecular formula is C11H12Cl2N2O. The Morgan fingerprint density at radius 1 is 1.69 bits per heavy atom. The molecule has 0 aromatic carbocycles. The molecule has 86 valence electrons. The highest BCUT2D eigenvalue weighted by Gasteiger charge is 2.28. The molecule has 0 N–H and O–H groups in total. The molecule has 0 radical (unpaired) electrons. The molecule has 1 heterocycles. The van der Waals surface area contributed by atoms with Gasteiger partial charge in [-0.3, -0.25) is 9.36 Å². The first-order valence-corrected chi connectivity index (χ1v) is 5.96. The first-order valence-electron chi connectivity index (χ1n) is 5.15. The van der Waals surface area contributed by atoms with E-state index in [0.717, 1.165) is 24.2 Å². The topological polar surface area (TPSA) is 34.9 Å². The van der Waals surface area contributed by atoms with Crippen molar-refractivity contribution in [1.82, 2.24) is 9.55 Å². The zero-order chi connectivity index (χ0) is 11.7. The summed E-state index contributed by atoms with van der Waals surface area (Å²) in [5.74, 6) is 1.17. The van der Waals surface area contributed by atoms with Crippen molar-refractivity contribution in [3.8, 4) is 0 Å². The summed E-state index contributed by atoms with van der Waals surface area (Å²) in [4.78, 5) is 16.1. The molecule has 1 aliphatic rings. The second-order valence-electron chi connectivity index (χ2n) is 4.09. The van der Waals surface area contributed by atoms with Crippen LogP contribution in [0.3, 0.4) is 0 Å². The van der Waals surface area contributed by atoms with Gasteiger partial charge in [0, 0.05) is 24.1 Å². The van der Waals surface area contributed by atoms with Gasteiger partial charge in [-0.2, -0.15) is 0 Å². The molecule has 0 atom stereocenters. The molecule has 1 fully saturated rings. The van der Waals surface area contributed by atoms with Crippen molar-refractivity contribution in [2.45, 2.75) is 32.2 Å². The van der Waals surface area contributed by atoms with Crippen LogP contribution in [0.2, 0.25) is 5.15 Å². The average Bonchev–Trinajstić information content (AvgIpc) is 3.04. The molecule has 0 saturated heterocycles. The molecule has 0 amide bonds. The van der Waals surface area contributed by atoms with Gasteiger partial charge in [-0.25, -0.2) is 4.98 Å². The number of hydrogen-bond acceptors (Lipinski definition) is 2. The van der Waals surface area contributed by atoms with Gasteiger partial charge in [0.25, 0.3) is 5.56 Å². The van der Waals surface area contributed by atoms with Crippen LogP contribution in [0, 0.1) is 0 Å². The van der Waals surface area contributed by atoms with E-state index in [4.69, 9.17) is 23.2 Å². The van der Waals surface area contributed by atoms with E-state index in [1.54, 1.807) is 4.57 Å². The van der Waals surface area contributed by atoms with E-state index in [-0.39, 0.29) is 10.7 Å². The number of nitrogens with zero attached hydrogens (tertiary/aromatic N) is 2. The molecular weight excluding hydrogens is 247 g/mol. The molecule has 1 aromatic heterocycles.